The number of halogens is 1. The fourth-order valence-electron chi connectivity index (χ4n) is 2.86. The van der Waals surface area contributed by atoms with Gasteiger partial charge >= 0.3 is 5.97 Å². The van der Waals surface area contributed by atoms with Crippen LogP contribution in [-0.4, -0.2) is 13.1 Å². The normalized spacial score (nSPS) is 12.8. The molecular weight excluding hydrogens is 293 g/mol. The SMILES string of the molecule is COC(=O)c1ccc2c(c1)C(c1cc(F)ccc1C#N)=CCC2. The molecule has 0 amide bonds. The van der Waals surface area contributed by atoms with E-state index in [1.807, 2.05) is 12.1 Å². The van der Waals surface area contributed by atoms with Crippen LogP contribution in [0.25, 0.3) is 5.57 Å². The monoisotopic (exact) mass is 307 g/mol. The van der Waals surface area contributed by atoms with Gasteiger partial charge in [-0.1, -0.05) is 12.1 Å². The molecule has 0 bridgehead atoms. The number of rotatable bonds is 2. The molecule has 3 nitrogen and oxygen atoms in total. The van der Waals surface area contributed by atoms with Gasteiger partial charge in [0.25, 0.3) is 0 Å². The van der Waals surface area contributed by atoms with Crippen molar-refractivity contribution in [1.29, 1.82) is 5.26 Å². The highest BCUT2D eigenvalue weighted by atomic mass is 19.1. The number of nitriles is 1. The van der Waals surface area contributed by atoms with E-state index in [1.165, 1.54) is 25.3 Å². The van der Waals surface area contributed by atoms with Gasteiger partial charge in [-0.15, -0.1) is 0 Å². The zero-order chi connectivity index (χ0) is 16.4. The van der Waals surface area contributed by atoms with Crippen LogP contribution in [0, 0.1) is 17.1 Å². The minimum absolute atomic E-state index is 0.392. The molecule has 2 aromatic rings. The topological polar surface area (TPSA) is 50.1 Å². The number of carbonyl (C=O) groups is 1. The number of carbonyl (C=O) groups excluding carboxylic acids is 1. The Labute approximate surface area is 133 Å². The molecule has 0 aliphatic heterocycles. The molecular formula is C19H14FNO2. The van der Waals surface area contributed by atoms with Crippen LogP contribution < -0.4 is 0 Å². The quantitative estimate of drug-likeness (QED) is 0.792. The van der Waals surface area contributed by atoms with Crippen LogP contribution in [0.2, 0.25) is 0 Å². The first-order valence-electron chi connectivity index (χ1n) is 7.26. The Morgan fingerprint density at radius 2 is 2.04 bits per heavy atom. The Balaban J connectivity index is 2.18. The van der Waals surface area contributed by atoms with Crippen molar-refractivity contribution in [3.63, 3.8) is 0 Å². The van der Waals surface area contributed by atoms with Crippen molar-refractivity contribution < 1.29 is 13.9 Å². The average molecular weight is 307 g/mol. The molecule has 0 aromatic heterocycles. The predicted octanol–water partition coefficient (Wildman–Crippen LogP) is 3.86. The van der Waals surface area contributed by atoms with Crippen molar-refractivity contribution in [2.45, 2.75) is 12.8 Å². The molecule has 0 heterocycles. The number of ether oxygens (including phenoxy) is 1. The van der Waals surface area contributed by atoms with Crippen molar-refractivity contribution >= 4 is 11.5 Å². The van der Waals surface area contributed by atoms with Crippen LogP contribution >= 0.6 is 0 Å². The number of fused-ring (bicyclic) bond motifs is 1. The Morgan fingerprint density at radius 3 is 2.78 bits per heavy atom. The molecule has 0 spiro atoms. The van der Waals surface area contributed by atoms with Crippen LogP contribution in [0.5, 0.6) is 0 Å². The molecule has 23 heavy (non-hydrogen) atoms. The van der Waals surface area contributed by atoms with E-state index < -0.39 is 11.8 Å². The summed E-state index contributed by atoms with van der Waals surface area (Å²) in [5, 5.41) is 9.30. The van der Waals surface area contributed by atoms with E-state index in [1.54, 1.807) is 12.1 Å². The fraction of sp³-hybridized carbons (Fsp3) is 0.158. The number of esters is 1. The van der Waals surface area contributed by atoms with Crippen molar-refractivity contribution in [3.8, 4) is 6.07 Å². The van der Waals surface area contributed by atoms with Gasteiger partial charge in [0.15, 0.2) is 0 Å². The molecule has 4 heteroatoms. The highest BCUT2D eigenvalue weighted by Gasteiger charge is 2.19. The van der Waals surface area contributed by atoms with Gasteiger partial charge < -0.3 is 4.74 Å². The van der Waals surface area contributed by atoms with E-state index in [9.17, 15) is 14.4 Å². The molecule has 0 radical (unpaired) electrons. The van der Waals surface area contributed by atoms with Gasteiger partial charge in [0.2, 0.25) is 0 Å². The van der Waals surface area contributed by atoms with Crippen molar-refractivity contribution in [2.24, 2.45) is 0 Å². The van der Waals surface area contributed by atoms with Gasteiger partial charge in [-0.3, -0.25) is 0 Å². The third-order valence-electron chi connectivity index (χ3n) is 3.98. The maximum Gasteiger partial charge on any atom is 0.337 e. The molecule has 0 N–H and O–H groups in total. The second-order valence-corrected chi connectivity index (χ2v) is 5.32. The van der Waals surface area contributed by atoms with Crippen LogP contribution in [-0.2, 0) is 11.2 Å². The van der Waals surface area contributed by atoms with Gasteiger partial charge in [0.05, 0.1) is 24.3 Å². The van der Waals surface area contributed by atoms with Crippen LogP contribution in [0.15, 0.2) is 42.5 Å². The lowest BCUT2D eigenvalue weighted by molar-refractivity contribution is 0.0600. The molecule has 0 atom stereocenters. The van der Waals surface area contributed by atoms with Crippen molar-refractivity contribution in [3.05, 3.63) is 76.1 Å². The maximum atomic E-state index is 13.7. The number of aryl methyl sites for hydroxylation is 1. The standard InChI is InChI=1S/C19H14FNO2/c1-23-19(22)13-6-5-12-3-2-4-16(17(12)9-13)18-10-15(20)8-7-14(18)11-21/h4-10H,2-3H2,1H3. The van der Waals surface area contributed by atoms with Gasteiger partial charge in [0, 0.05) is 5.56 Å². The van der Waals surface area contributed by atoms with Crippen LogP contribution in [0.4, 0.5) is 4.39 Å². The second kappa shape index (κ2) is 6.05. The van der Waals surface area contributed by atoms with Crippen LogP contribution in [0.3, 0.4) is 0 Å². The molecule has 114 valence electrons. The largest absolute Gasteiger partial charge is 0.465 e. The summed E-state index contributed by atoms with van der Waals surface area (Å²) in [4.78, 5) is 11.8. The summed E-state index contributed by atoms with van der Waals surface area (Å²) >= 11 is 0. The van der Waals surface area contributed by atoms with E-state index >= 15 is 0 Å². The Morgan fingerprint density at radius 1 is 1.22 bits per heavy atom. The number of benzene rings is 2. The van der Waals surface area contributed by atoms with Crippen molar-refractivity contribution in [1.82, 2.24) is 0 Å². The fourth-order valence-corrected chi connectivity index (χ4v) is 2.86. The van der Waals surface area contributed by atoms with Crippen molar-refractivity contribution in [2.75, 3.05) is 7.11 Å². The summed E-state index contributed by atoms with van der Waals surface area (Å²) in [6.07, 6.45) is 3.64. The molecule has 1 aliphatic carbocycles. The molecule has 1 aliphatic rings. The summed E-state index contributed by atoms with van der Waals surface area (Å²) < 4.78 is 18.4. The van der Waals surface area contributed by atoms with Gasteiger partial charge in [0.1, 0.15) is 5.82 Å². The first-order chi connectivity index (χ1) is 11.1. The number of allylic oxidation sites excluding steroid dienone is 1. The zero-order valence-electron chi connectivity index (χ0n) is 12.6. The van der Waals surface area contributed by atoms with Gasteiger partial charge in [-0.05, 0) is 59.9 Å². The number of hydrogen-bond donors (Lipinski definition) is 0. The minimum Gasteiger partial charge on any atom is -0.465 e. The molecule has 0 fully saturated rings. The predicted molar refractivity (Wildman–Crippen MR) is 84.3 cm³/mol. The summed E-state index contributed by atoms with van der Waals surface area (Å²) in [5.74, 6) is -0.811. The van der Waals surface area contributed by atoms with Gasteiger partial charge in [-0.2, -0.15) is 5.26 Å². The average Bonchev–Trinajstić information content (AvgIpc) is 2.60. The zero-order valence-corrected chi connectivity index (χ0v) is 12.6. The summed E-state index contributed by atoms with van der Waals surface area (Å²) in [5.41, 5.74) is 4.11. The molecule has 0 saturated carbocycles. The summed E-state index contributed by atoms with van der Waals surface area (Å²) in [6.45, 7) is 0. The van der Waals surface area contributed by atoms with Gasteiger partial charge in [-0.25, -0.2) is 9.18 Å². The number of methoxy groups -OCH3 is 1. The van der Waals surface area contributed by atoms with E-state index in [2.05, 4.69) is 6.07 Å². The first kappa shape index (κ1) is 15.0. The summed E-state index contributed by atoms with van der Waals surface area (Å²) in [7, 11) is 1.33. The molecule has 2 aromatic carbocycles. The molecule has 3 rings (SSSR count). The highest BCUT2D eigenvalue weighted by Crippen LogP contribution is 2.34. The van der Waals surface area contributed by atoms with E-state index in [0.29, 0.717) is 16.7 Å². The highest BCUT2D eigenvalue weighted by molar-refractivity contribution is 5.93. The lowest BCUT2D eigenvalue weighted by atomic mass is 9.84. The molecule has 0 saturated heterocycles. The maximum absolute atomic E-state index is 13.7. The van der Waals surface area contributed by atoms with Crippen LogP contribution in [0.1, 0.15) is 39.0 Å². The summed E-state index contributed by atoms with van der Waals surface area (Å²) in [6, 6.07) is 11.6. The lowest BCUT2D eigenvalue weighted by Gasteiger charge is -2.20. The lowest BCUT2D eigenvalue weighted by Crippen LogP contribution is -2.07. The minimum atomic E-state index is -0.419. The molecule has 0 unspecified atom stereocenters. The number of nitrogens with zero attached hydrogens (tertiary/aromatic N) is 1. The number of hydrogen-bond acceptors (Lipinski definition) is 3. The van der Waals surface area contributed by atoms with E-state index in [4.69, 9.17) is 4.74 Å². The Bertz CT molecular complexity index is 862. The Hall–Kier alpha value is -2.93. The second-order valence-electron chi connectivity index (χ2n) is 5.32. The Kier molecular flexibility index (Phi) is 3.94. The third kappa shape index (κ3) is 2.74. The first-order valence-corrected chi connectivity index (χ1v) is 7.26. The third-order valence-corrected chi connectivity index (χ3v) is 3.98. The van der Waals surface area contributed by atoms with E-state index in [-0.39, 0.29) is 0 Å². The smallest absolute Gasteiger partial charge is 0.337 e. The van der Waals surface area contributed by atoms with E-state index in [0.717, 1.165) is 29.5 Å².